The maximum Gasteiger partial charge on any atom is 0.407 e. The van der Waals surface area contributed by atoms with E-state index in [0.29, 0.717) is 95.3 Å². The molecule has 9 rings (SSSR count). The average molecular weight is 953 g/mol. The molecule has 0 saturated carbocycles. The lowest BCUT2D eigenvalue weighted by atomic mass is 10.0. The Kier molecular flexibility index (Phi) is 13.6. The summed E-state index contributed by atoms with van der Waals surface area (Å²) in [6.45, 7) is 10.1. The minimum atomic E-state index is -0.805. The Balaban J connectivity index is 1.04. The average Bonchev–Trinajstić information content (AvgIpc) is 4.21. The number of likely N-dealkylation sites (tertiary alicyclic amines) is 2. The Morgan fingerprint density at radius 1 is 0.623 bits per heavy atom. The van der Waals surface area contributed by atoms with Crippen molar-refractivity contribution < 1.29 is 37.4 Å². The van der Waals surface area contributed by atoms with E-state index in [1.54, 1.807) is 34.3 Å². The third-order valence-corrected chi connectivity index (χ3v) is 14.4. The van der Waals surface area contributed by atoms with Gasteiger partial charge < -0.3 is 49.7 Å². The fraction of sp³-hybridized carbons (Fsp3) is 0.551. The number of ether oxygens (including phenoxy) is 2. The van der Waals surface area contributed by atoms with Gasteiger partial charge in [0.1, 0.15) is 35.4 Å². The normalized spacial score (nSPS) is 21.7. The molecule has 2 aromatic carbocycles. The summed E-state index contributed by atoms with van der Waals surface area (Å²) in [4.78, 5) is 85.8. The summed E-state index contributed by atoms with van der Waals surface area (Å²) in [5.74, 6) is -0.202. The van der Waals surface area contributed by atoms with Crippen molar-refractivity contribution in [3.8, 4) is 0 Å². The summed E-state index contributed by atoms with van der Waals surface area (Å²) >= 11 is 0. The molecular weight excluding hydrogens is 891 g/mol. The lowest BCUT2D eigenvalue weighted by Gasteiger charge is -2.33. The number of H-pyrrole nitrogens is 2. The van der Waals surface area contributed by atoms with Gasteiger partial charge in [-0.1, -0.05) is 27.7 Å². The number of aromatic nitrogens is 6. The minimum Gasteiger partial charge on any atom is -0.453 e. The van der Waals surface area contributed by atoms with Crippen LogP contribution in [0.5, 0.6) is 0 Å². The number of carbonyl (C=O) groups excluding carboxylic acids is 4. The van der Waals surface area contributed by atoms with Gasteiger partial charge >= 0.3 is 12.2 Å². The SMILES string of the molecule is COC(=O)N[C@H](C(=O)N1CCCC1c1nc2cc(F)c([C@@H]3CC[C@H](c4cc5[nH]c([C@@H]6CCCN6C(=O)[C@@H](NC(=O)OC)C(C)C)nc5cc4F)N3c3cnc(N4CCCCC4)nc3)cc2[nH]1)C(C)C. The number of hydrogen-bond acceptors (Lipinski definition) is 12. The lowest BCUT2D eigenvalue weighted by Crippen LogP contribution is -2.51. The molecule has 4 saturated heterocycles. The van der Waals surface area contributed by atoms with E-state index in [4.69, 9.17) is 29.4 Å². The number of aromatic amines is 2. The summed E-state index contributed by atoms with van der Waals surface area (Å²) < 4.78 is 43.1. The van der Waals surface area contributed by atoms with Gasteiger partial charge in [-0.05, 0) is 81.8 Å². The van der Waals surface area contributed by atoms with Crippen molar-refractivity contribution in [2.24, 2.45) is 11.8 Å². The van der Waals surface area contributed by atoms with Crippen molar-refractivity contribution >= 4 is 57.7 Å². The third kappa shape index (κ3) is 9.33. The van der Waals surface area contributed by atoms with Gasteiger partial charge in [-0.3, -0.25) is 9.59 Å². The molecule has 6 atom stereocenters. The molecule has 5 aromatic rings. The van der Waals surface area contributed by atoms with Gasteiger partial charge in [-0.2, -0.15) is 0 Å². The zero-order valence-electron chi connectivity index (χ0n) is 40.1. The maximum absolute atomic E-state index is 16.8. The second-order valence-electron chi connectivity index (χ2n) is 19.4. The van der Waals surface area contributed by atoms with Crippen molar-refractivity contribution in [2.75, 3.05) is 50.2 Å². The van der Waals surface area contributed by atoms with Crippen molar-refractivity contribution in [2.45, 2.75) is 122 Å². The van der Waals surface area contributed by atoms with Gasteiger partial charge in [-0.15, -0.1) is 0 Å². The van der Waals surface area contributed by atoms with Crippen LogP contribution >= 0.6 is 0 Å². The van der Waals surface area contributed by atoms with Gasteiger partial charge in [0.25, 0.3) is 0 Å². The highest BCUT2D eigenvalue weighted by Gasteiger charge is 2.42. The second-order valence-corrected chi connectivity index (χ2v) is 19.4. The molecule has 69 heavy (non-hydrogen) atoms. The van der Waals surface area contributed by atoms with Crippen LogP contribution in [-0.4, -0.2) is 116 Å². The van der Waals surface area contributed by atoms with E-state index in [1.165, 1.54) is 26.4 Å². The highest BCUT2D eigenvalue weighted by molar-refractivity contribution is 5.88. The standard InChI is InChI=1S/C49H62F2N12O6/c1-26(2)41(58-48(66)68-5)45(64)61-18-10-12-39(61)43-54-33-20-29(31(50)22-35(33)56-43)37-14-15-38(63(37)28-24-52-47(53-25-28)60-16-8-7-9-17-60)30-21-34-36(23-32(30)51)57-44(55-34)40-13-11-19-62(40)46(65)42(27(3)4)59-49(67)69-6/h20-27,37-42H,7-19H2,1-6H3,(H,54,56)(H,55,57)(H,58,66)(H,59,67)/t37-,38+,39+,40?,41+,42+/m1/s1. The summed E-state index contributed by atoms with van der Waals surface area (Å²) in [5, 5.41) is 5.36. The first-order chi connectivity index (χ1) is 33.2. The van der Waals surface area contributed by atoms with Crippen LogP contribution in [0, 0.1) is 23.5 Å². The van der Waals surface area contributed by atoms with Crippen LogP contribution < -0.4 is 20.4 Å². The molecule has 4 fully saturated rings. The largest absolute Gasteiger partial charge is 0.453 e. The number of piperidine rings is 1. The van der Waals surface area contributed by atoms with E-state index in [1.807, 2.05) is 32.6 Å². The molecule has 4 aliphatic heterocycles. The monoisotopic (exact) mass is 952 g/mol. The number of hydrogen-bond donors (Lipinski definition) is 4. The molecule has 20 heteroatoms. The predicted molar refractivity (Wildman–Crippen MR) is 253 cm³/mol. The number of halogens is 2. The zero-order valence-corrected chi connectivity index (χ0v) is 40.1. The number of imidazole rings is 2. The highest BCUT2D eigenvalue weighted by Crippen LogP contribution is 2.49. The number of nitrogens with one attached hydrogen (secondary N) is 4. The quantitative estimate of drug-likeness (QED) is 0.0951. The molecule has 1 unspecified atom stereocenters. The van der Waals surface area contributed by atoms with Crippen LogP contribution in [0.4, 0.5) is 30.0 Å². The molecular formula is C49H62F2N12O6. The van der Waals surface area contributed by atoms with Gasteiger partial charge in [0.05, 0.1) is 78.5 Å². The van der Waals surface area contributed by atoms with Gasteiger partial charge in [0.15, 0.2) is 0 Å². The van der Waals surface area contributed by atoms with Crippen molar-refractivity contribution in [3.63, 3.8) is 0 Å². The Morgan fingerprint density at radius 2 is 1.07 bits per heavy atom. The Hall–Kier alpha value is -6.60. The molecule has 0 bridgehead atoms. The van der Waals surface area contributed by atoms with Crippen LogP contribution in [0.15, 0.2) is 36.7 Å². The number of benzene rings is 2. The number of amides is 4. The van der Waals surface area contributed by atoms with Crippen LogP contribution in [0.1, 0.15) is 132 Å². The van der Waals surface area contributed by atoms with Crippen molar-refractivity contribution in [3.05, 3.63) is 71.1 Å². The maximum atomic E-state index is 16.8. The van der Waals surface area contributed by atoms with E-state index in [0.717, 1.165) is 45.2 Å². The molecule has 0 aliphatic carbocycles. The topological polar surface area (TPSA) is 207 Å². The smallest absolute Gasteiger partial charge is 0.407 e. The van der Waals surface area contributed by atoms with Gasteiger partial charge in [0, 0.05) is 49.4 Å². The Labute approximate surface area is 399 Å². The number of rotatable bonds is 12. The van der Waals surface area contributed by atoms with Gasteiger partial charge in [-0.25, -0.2) is 38.3 Å². The summed E-state index contributed by atoms with van der Waals surface area (Å²) in [6, 6.07) is 2.78. The van der Waals surface area contributed by atoms with Crippen LogP contribution in [0.25, 0.3) is 22.1 Å². The molecule has 4 N–H and O–H groups in total. The van der Waals surface area contributed by atoms with Gasteiger partial charge in [0.2, 0.25) is 17.8 Å². The molecule has 0 radical (unpaired) electrons. The highest BCUT2D eigenvalue weighted by atomic mass is 19.1. The van der Waals surface area contributed by atoms with Crippen molar-refractivity contribution in [1.82, 2.24) is 50.3 Å². The van der Waals surface area contributed by atoms with E-state index in [-0.39, 0.29) is 23.7 Å². The number of anilines is 2. The van der Waals surface area contributed by atoms with Crippen LogP contribution in [0.2, 0.25) is 0 Å². The minimum absolute atomic E-state index is 0.205. The number of fused-ring (bicyclic) bond motifs is 2. The number of carbonyl (C=O) groups is 4. The van der Waals surface area contributed by atoms with E-state index >= 15 is 8.78 Å². The number of nitrogens with zero attached hydrogens (tertiary/aromatic N) is 8. The van der Waals surface area contributed by atoms with E-state index < -0.39 is 60.1 Å². The van der Waals surface area contributed by atoms with Crippen LogP contribution in [0.3, 0.4) is 0 Å². The molecule has 0 spiro atoms. The molecule has 4 aliphatic rings. The molecule has 368 valence electrons. The lowest BCUT2D eigenvalue weighted by molar-refractivity contribution is -0.136. The Morgan fingerprint density at radius 3 is 1.49 bits per heavy atom. The molecule has 18 nitrogen and oxygen atoms in total. The van der Waals surface area contributed by atoms with Crippen LogP contribution in [-0.2, 0) is 19.1 Å². The fourth-order valence-corrected chi connectivity index (χ4v) is 10.8. The third-order valence-electron chi connectivity index (χ3n) is 14.4. The molecule has 3 aromatic heterocycles. The van der Waals surface area contributed by atoms with E-state index in [9.17, 15) is 19.2 Å². The zero-order chi connectivity index (χ0) is 48.7. The number of methoxy groups -OCH3 is 2. The first-order valence-corrected chi connectivity index (χ1v) is 24.3. The number of alkyl carbamates (subject to hydrolysis) is 2. The fourth-order valence-electron chi connectivity index (χ4n) is 10.8. The Bertz CT molecular complexity index is 2550. The van der Waals surface area contributed by atoms with Crippen molar-refractivity contribution in [1.29, 1.82) is 0 Å². The first-order valence-electron chi connectivity index (χ1n) is 24.3. The molecule has 7 heterocycles. The van der Waals surface area contributed by atoms with E-state index in [2.05, 4.69) is 25.5 Å². The predicted octanol–water partition coefficient (Wildman–Crippen LogP) is 7.67. The summed E-state index contributed by atoms with van der Waals surface area (Å²) in [6.07, 6.45) is 9.02. The summed E-state index contributed by atoms with van der Waals surface area (Å²) in [5.41, 5.74) is 3.38. The first kappa shape index (κ1) is 47.5. The second kappa shape index (κ2) is 19.8. The molecule has 4 amide bonds. The summed E-state index contributed by atoms with van der Waals surface area (Å²) in [7, 11) is 2.51.